The largest absolute Gasteiger partial charge is 0.493 e. The van der Waals surface area contributed by atoms with Gasteiger partial charge in [0.2, 0.25) is 0 Å². The predicted molar refractivity (Wildman–Crippen MR) is 137 cm³/mol. The van der Waals surface area contributed by atoms with E-state index in [1.54, 1.807) is 11.3 Å². The summed E-state index contributed by atoms with van der Waals surface area (Å²) in [5, 5.41) is 13.2. The molecule has 0 radical (unpaired) electrons. The average Bonchev–Trinajstić information content (AvgIpc) is 3.15. The standard InChI is InChI=1S/C26H26ClNO4S2/c1-3-6-31-24-18(10-28)7-17(8-22(24)27)21-11-33-23-9-19(4-5-20(21)23)32-15-25-12-26(13-25,14-25)16-34(2,29)30/h4-5,7-9,11H,3,6,12-16H2,1-2H3. The van der Waals surface area contributed by atoms with Crippen LogP contribution in [-0.4, -0.2) is 33.6 Å². The zero-order valence-corrected chi connectivity index (χ0v) is 21.6. The number of benzene rings is 2. The summed E-state index contributed by atoms with van der Waals surface area (Å²) in [4.78, 5) is 0. The molecule has 0 aliphatic heterocycles. The van der Waals surface area contributed by atoms with Gasteiger partial charge >= 0.3 is 0 Å². The van der Waals surface area contributed by atoms with E-state index in [-0.39, 0.29) is 10.8 Å². The van der Waals surface area contributed by atoms with Crippen LogP contribution >= 0.6 is 22.9 Å². The summed E-state index contributed by atoms with van der Waals surface area (Å²) in [6, 6.07) is 12.0. The van der Waals surface area contributed by atoms with Crippen LogP contribution in [0.4, 0.5) is 0 Å². The van der Waals surface area contributed by atoms with E-state index >= 15 is 0 Å². The molecule has 6 rings (SSSR count). The number of halogens is 1. The Morgan fingerprint density at radius 2 is 1.91 bits per heavy atom. The van der Waals surface area contributed by atoms with Gasteiger partial charge in [0.1, 0.15) is 21.7 Å². The fourth-order valence-electron chi connectivity index (χ4n) is 5.83. The Hall–Kier alpha value is -2.27. The quantitative estimate of drug-likeness (QED) is 0.326. The van der Waals surface area contributed by atoms with Gasteiger partial charge in [0.25, 0.3) is 0 Å². The number of nitrogens with zero attached hydrogens (tertiary/aromatic N) is 1. The van der Waals surface area contributed by atoms with Crippen LogP contribution < -0.4 is 9.47 Å². The number of sulfone groups is 1. The lowest BCUT2D eigenvalue weighted by Gasteiger charge is -2.70. The maximum absolute atomic E-state index is 11.6. The van der Waals surface area contributed by atoms with Crippen LogP contribution in [0.2, 0.25) is 5.02 Å². The molecule has 0 amide bonds. The molecule has 2 aromatic carbocycles. The van der Waals surface area contributed by atoms with Crippen molar-refractivity contribution in [3.8, 4) is 28.7 Å². The number of ether oxygens (including phenoxy) is 2. The zero-order valence-electron chi connectivity index (χ0n) is 19.2. The second-order valence-corrected chi connectivity index (χ2v) is 13.5. The molecular formula is C26H26ClNO4S2. The fourth-order valence-corrected chi connectivity index (χ4v) is 8.52. The van der Waals surface area contributed by atoms with Gasteiger partial charge in [-0.3, -0.25) is 0 Å². The van der Waals surface area contributed by atoms with Gasteiger partial charge in [-0.25, -0.2) is 8.42 Å². The van der Waals surface area contributed by atoms with E-state index in [2.05, 4.69) is 11.4 Å². The summed E-state index contributed by atoms with van der Waals surface area (Å²) >= 11 is 8.09. The highest BCUT2D eigenvalue weighted by Crippen LogP contribution is 2.73. The van der Waals surface area contributed by atoms with Gasteiger partial charge in [0.15, 0.2) is 5.75 Å². The first-order valence-corrected chi connectivity index (χ1v) is 14.7. The SMILES string of the molecule is CCCOc1c(Cl)cc(-c2csc3cc(OCC45CC(CS(C)(=O)=O)(C4)C5)ccc23)cc1C#N. The number of fused-ring (bicyclic) bond motifs is 1. The summed E-state index contributed by atoms with van der Waals surface area (Å²) in [6.45, 7) is 3.15. The Labute approximate surface area is 209 Å². The molecule has 34 heavy (non-hydrogen) atoms. The van der Waals surface area contributed by atoms with Crippen molar-refractivity contribution in [2.45, 2.75) is 32.6 Å². The van der Waals surface area contributed by atoms with E-state index in [4.69, 9.17) is 21.1 Å². The van der Waals surface area contributed by atoms with Crippen molar-refractivity contribution in [3.63, 3.8) is 0 Å². The smallest absolute Gasteiger partial charge is 0.155 e. The molecule has 0 atom stereocenters. The van der Waals surface area contributed by atoms with E-state index in [9.17, 15) is 13.7 Å². The molecule has 2 bridgehead atoms. The topological polar surface area (TPSA) is 76.4 Å². The number of thiophene rings is 1. The van der Waals surface area contributed by atoms with Crippen LogP contribution in [-0.2, 0) is 9.84 Å². The molecule has 178 valence electrons. The first kappa shape index (κ1) is 23.5. The maximum atomic E-state index is 11.6. The first-order chi connectivity index (χ1) is 16.1. The fraction of sp³-hybridized carbons (Fsp3) is 0.423. The zero-order chi connectivity index (χ0) is 24.1. The molecule has 0 saturated heterocycles. The normalized spacial score (nSPS) is 23.1. The van der Waals surface area contributed by atoms with E-state index in [1.807, 2.05) is 37.3 Å². The van der Waals surface area contributed by atoms with Gasteiger partial charge in [-0.2, -0.15) is 5.26 Å². The van der Waals surface area contributed by atoms with Crippen LogP contribution in [0.1, 0.15) is 38.2 Å². The minimum Gasteiger partial charge on any atom is -0.493 e. The Morgan fingerprint density at radius 1 is 1.15 bits per heavy atom. The summed E-state index contributed by atoms with van der Waals surface area (Å²) in [5.74, 6) is 1.56. The van der Waals surface area contributed by atoms with Gasteiger partial charge in [0.05, 0.1) is 29.6 Å². The van der Waals surface area contributed by atoms with Gasteiger partial charge in [0, 0.05) is 27.3 Å². The minimum absolute atomic E-state index is 0.00420. The first-order valence-electron chi connectivity index (χ1n) is 11.3. The van der Waals surface area contributed by atoms with E-state index in [0.717, 1.165) is 52.6 Å². The van der Waals surface area contributed by atoms with Crippen LogP contribution in [0, 0.1) is 22.2 Å². The highest BCUT2D eigenvalue weighted by molar-refractivity contribution is 7.90. The Kier molecular flexibility index (Phi) is 5.83. The van der Waals surface area contributed by atoms with Gasteiger partial charge in [-0.05, 0) is 72.4 Å². The lowest BCUT2D eigenvalue weighted by Crippen LogP contribution is -2.66. The molecule has 0 N–H and O–H groups in total. The van der Waals surface area contributed by atoms with Gasteiger partial charge < -0.3 is 9.47 Å². The Morgan fingerprint density at radius 3 is 2.59 bits per heavy atom. The second kappa shape index (κ2) is 8.44. The van der Waals surface area contributed by atoms with Gasteiger partial charge in [-0.15, -0.1) is 11.3 Å². The lowest BCUT2D eigenvalue weighted by molar-refractivity contribution is -0.204. The lowest BCUT2D eigenvalue weighted by atomic mass is 9.36. The van der Waals surface area contributed by atoms with Crippen LogP contribution in [0.3, 0.4) is 0 Å². The van der Waals surface area contributed by atoms with Crippen LogP contribution in [0.15, 0.2) is 35.7 Å². The molecule has 3 aliphatic rings. The molecule has 0 unspecified atom stereocenters. The molecule has 5 nitrogen and oxygen atoms in total. The molecule has 3 fully saturated rings. The van der Waals surface area contributed by atoms with Crippen molar-refractivity contribution in [2.75, 3.05) is 25.2 Å². The monoisotopic (exact) mass is 515 g/mol. The van der Waals surface area contributed by atoms with Crippen molar-refractivity contribution < 1.29 is 17.9 Å². The second-order valence-electron chi connectivity index (χ2n) is 9.99. The minimum atomic E-state index is -2.93. The van der Waals surface area contributed by atoms with Crippen molar-refractivity contribution in [1.29, 1.82) is 5.26 Å². The highest BCUT2D eigenvalue weighted by atomic mass is 35.5. The van der Waals surface area contributed by atoms with E-state index in [1.165, 1.54) is 6.26 Å². The van der Waals surface area contributed by atoms with Crippen molar-refractivity contribution in [3.05, 3.63) is 46.3 Å². The summed E-state index contributed by atoms with van der Waals surface area (Å²) in [7, 11) is -2.93. The predicted octanol–water partition coefficient (Wildman–Crippen LogP) is 6.48. The summed E-state index contributed by atoms with van der Waals surface area (Å²) in [6.07, 6.45) is 4.99. The molecule has 8 heteroatoms. The summed E-state index contributed by atoms with van der Waals surface area (Å²) < 4.78 is 36.2. The molecule has 3 aliphatic carbocycles. The van der Waals surface area contributed by atoms with Crippen molar-refractivity contribution in [1.82, 2.24) is 0 Å². The average molecular weight is 516 g/mol. The Balaban J connectivity index is 1.31. The molecule has 3 saturated carbocycles. The maximum Gasteiger partial charge on any atom is 0.155 e. The summed E-state index contributed by atoms with van der Waals surface area (Å²) in [5.41, 5.74) is 2.49. The highest BCUT2D eigenvalue weighted by Gasteiger charge is 2.68. The molecular weight excluding hydrogens is 490 g/mol. The molecule has 1 heterocycles. The van der Waals surface area contributed by atoms with E-state index in [0.29, 0.717) is 35.3 Å². The third kappa shape index (κ3) is 4.28. The number of hydrogen-bond donors (Lipinski definition) is 0. The Bertz CT molecular complexity index is 1400. The van der Waals surface area contributed by atoms with Crippen LogP contribution in [0.5, 0.6) is 11.5 Å². The van der Waals surface area contributed by atoms with Crippen molar-refractivity contribution >= 4 is 42.9 Å². The molecule has 0 spiro atoms. The third-order valence-corrected chi connectivity index (χ3v) is 9.20. The van der Waals surface area contributed by atoms with Crippen molar-refractivity contribution in [2.24, 2.45) is 10.8 Å². The number of nitriles is 1. The number of rotatable bonds is 9. The van der Waals surface area contributed by atoms with E-state index < -0.39 is 9.84 Å². The third-order valence-electron chi connectivity index (χ3n) is 6.84. The number of hydrogen-bond acceptors (Lipinski definition) is 6. The molecule has 1 aromatic heterocycles. The molecule has 3 aromatic rings. The van der Waals surface area contributed by atoms with Gasteiger partial charge in [-0.1, -0.05) is 18.5 Å². The van der Waals surface area contributed by atoms with Crippen LogP contribution in [0.25, 0.3) is 21.2 Å².